The van der Waals surface area contributed by atoms with E-state index < -0.39 is 24.5 Å². The third kappa shape index (κ3) is 3.87. The highest BCUT2D eigenvalue weighted by Crippen LogP contribution is 2.44. The van der Waals surface area contributed by atoms with Crippen LogP contribution >= 0.6 is 0 Å². The fourth-order valence-electron chi connectivity index (χ4n) is 4.12. The van der Waals surface area contributed by atoms with Crippen molar-refractivity contribution in [1.82, 2.24) is 9.80 Å². The van der Waals surface area contributed by atoms with Crippen molar-refractivity contribution in [3.63, 3.8) is 0 Å². The Labute approximate surface area is 172 Å². The van der Waals surface area contributed by atoms with Crippen LogP contribution in [0.15, 0.2) is 48.5 Å². The number of carboxylic acids is 1. The van der Waals surface area contributed by atoms with Crippen LogP contribution in [0.1, 0.15) is 17.0 Å². The second kappa shape index (κ2) is 8.02. The Kier molecular flexibility index (Phi) is 5.42. The summed E-state index contributed by atoms with van der Waals surface area (Å²) in [7, 11) is 0. The van der Waals surface area contributed by atoms with E-state index in [1.54, 1.807) is 0 Å². The largest absolute Gasteiger partial charge is 0.477 e. The van der Waals surface area contributed by atoms with Crippen LogP contribution in [0.2, 0.25) is 0 Å². The number of carboxylic acid groups (broad SMARTS) is 1. The van der Waals surface area contributed by atoms with Gasteiger partial charge in [-0.3, -0.25) is 4.90 Å². The summed E-state index contributed by atoms with van der Waals surface area (Å²) in [4.78, 5) is 25.9. The fourth-order valence-corrected chi connectivity index (χ4v) is 4.12. The van der Waals surface area contributed by atoms with Gasteiger partial charge in [-0.05, 0) is 22.3 Å². The van der Waals surface area contributed by atoms with Gasteiger partial charge in [-0.15, -0.1) is 0 Å². The molecule has 0 spiro atoms. The Morgan fingerprint density at radius 2 is 1.50 bits per heavy atom. The minimum Gasteiger partial charge on any atom is -0.477 e. The van der Waals surface area contributed by atoms with Gasteiger partial charge in [0, 0.05) is 32.1 Å². The molecule has 0 saturated carbocycles. The number of piperazine rings is 1. The Bertz CT molecular complexity index is 912. The van der Waals surface area contributed by atoms with E-state index in [4.69, 9.17) is 9.84 Å². The number of ether oxygens (including phenoxy) is 1. The minimum atomic E-state index is -3.80. The summed E-state index contributed by atoms with van der Waals surface area (Å²) < 4.78 is 32.3. The van der Waals surface area contributed by atoms with Crippen LogP contribution in [0.25, 0.3) is 11.1 Å². The monoisotopic (exact) mass is 416 g/mol. The third-order valence-corrected chi connectivity index (χ3v) is 5.70. The number of hydrogen-bond acceptors (Lipinski definition) is 4. The average Bonchev–Trinajstić information content (AvgIpc) is 3.06. The predicted molar refractivity (Wildman–Crippen MR) is 106 cm³/mol. The first kappa shape index (κ1) is 20.3. The molecule has 2 aromatic carbocycles. The number of halogens is 2. The van der Waals surface area contributed by atoms with Gasteiger partial charge in [-0.1, -0.05) is 48.5 Å². The lowest BCUT2D eigenvalue weighted by atomic mass is 9.98. The van der Waals surface area contributed by atoms with Crippen molar-refractivity contribution in [2.45, 2.75) is 11.8 Å². The summed E-state index contributed by atoms with van der Waals surface area (Å²) in [6.45, 7) is 0.115. The van der Waals surface area contributed by atoms with Gasteiger partial charge in [0.05, 0.1) is 6.54 Å². The highest BCUT2D eigenvalue weighted by molar-refractivity contribution is 5.79. The summed E-state index contributed by atoms with van der Waals surface area (Å²) in [5.41, 5.74) is 4.52. The molecule has 1 saturated heterocycles. The lowest BCUT2D eigenvalue weighted by Gasteiger charge is -2.35. The second-order valence-corrected chi connectivity index (χ2v) is 7.58. The Morgan fingerprint density at radius 1 is 0.967 bits per heavy atom. The van der Waals surface area contributed by atoms with E-state index in [2.05, 4.69) is 12.1 Å². The molecule has 8 heteroatoms. The number of nitrogens with zero attached hydrogens (tertiary/aromatic N) is 2. The summed E-state index contributed by atoms with van der Waals surface area (Å²) in [6.07, 6.45) is -0.485. The molecule has 1 aliphatic carbocycles. The maximum absolute atomic E-state index is 13.4. The van der Waals surface area contributed by atoms with E-state index in [-0.39, 0.29) is 38.7 Å². The summed E-state index contributed by atoms with van der Waals surface area (Å²) in [5, 5.41) is 8.56. The number of carbonyl (C=O) groups is 2. The highest BCUT2D eigenvalue weighted by atomic mass is 19.3. The zero-order valence-electron chi connectivity index (χ0n) is 16.3. The van der Waals surface area contributed by atoms with E-state index in [1.807, 2.05) is 36.4 Å². The molecule has 1 heterocycles. The summed E-state index contributed by atoms with van der Waals surface area (Å²) >= 11 is 0. The van der Waals surface area contributed by atoms with Crippen LogP contribution < -0.4 is 0 Å². The van der Waals surface area contributed by atoms with Crippen LogP contribution in [0.5, 0.6) is 0 Å². The maximum atomic E-state index is 13.4. The molecule has 0 bridgehead atoms. The van der Waals surface area contributed by atoms with Gasteiger partial charge in [-0.25, -0.2) is 9.59 Å². The zero-order chi connectivity index (χ0) is 21.3. The third-order valence-electron chi connectivity index (χ3n) is 5.70. The predicted octanol–water partition coefficient (Wildman–Crippen LogP) is 3.27. The van der Waals surface area contributed by atoms with E-state index >= 15 is 0 Å². The van der Waals surface area contributed by atoms with E-state index in [9.17, 15) is 18.4 Å². The van der Waals surface area contributed by atoms with Gasteiger partial charge in [-0.2, -0.15) is 8.78 Å². The van der Waals surface area contributed by atoms with Crippen LogP contribution in [-0.2, 0) is 9.53 Å². The Hall–Kier alpha value is -3.00. The maximum Gasteiger partial charge on any atom is 0.409 e. The molecule has 0 radical (unpaired) electrons. The minimum absolute atomic E-state index is 0.0445. The van der Waals surface area contributed by atoms with Crippen molar-refractivity contribution >= 4 is 12.1 Å². The first-order valence-corrected chi connectivity index (χ1v) is 9.80. The van der Waals surface area contributed by atoms with Crippen molar-refractivity contribution in [2.24, 2.45) is 0 Å². The molecule has 1 N–H and O–H groups in total. The van der Waals surface area contributed by atoms with Crippen molar-refractivity contribution in [1.29, 1.82) is 0 Å². The molecule has 6 nitrogen and oxygen atoms in total. The van der Waals surface area contributed by atoms with Gasteiger partial charge in [0.1, 0.15) is 6.61 Å². The van der Waals surface area contributed by atoms with E-state index in [0.717, 1.165) is 22.3 Å². The lowest BCUT2D eigenvalue weighted by molar-refractivity contribution is -0.167. The molecule has 1 amide bonds. The zero-order valence-corrected chi connectivity index (χ0v) is 16.3. The molecule has 30 heavy (non-hydrogen) atoms. The smallest absolute Gasteiger partial charge is 0.409 e. The Morgan fingerprint density at radius 3 is 2.03 bits per heavy atom. The number of rotatable bonds is 5. The average molecular weight is 416 g/mol. The number of fused-ring (bicyclic) bond motifs is 3. The molecular formula is C22H22F2N2O4. The van der Waals surface area contributed by atoms with Crippen molar-refractivity contribution < 1.29 is 28.2 Å². The summed E-state index contributed by atoms with van der Waals surface area (Å²) in [5.74, 6) is -5.98. The lowest BCUT2D eigenvalue weighted by Crippen LogP contribution is -2.53. The van der Waals surface area contributed by atoms with Crippen LogP contribution in [0, 0.1) is 0 Å². The number of aliphatic carboxylic acids is 1. The quantitative estimate of drug-likeness (QED) is 0.810. The molecule has 1 aliphatic heterocycles. The first-order valence-electron chi connectivity index (χ1n) is 9.80. The molecule has 0 atom stereocenters. The Balaban J connectivity index is 1.35. The van der Waals surface area contributed by atoms with Gasteiger partial charge < -0.3 is 14.7 Å². The van der Waals surface area contributed by atoms with Crippen LogP contribution in [-0.4, -0.2) is 72.2 Å². The first-order chi connectivity index (χ1) is 14.4. The number of benzene rings is 2. The molecule has 1 fully saturated rings. The van der Waals surface area contributed by atoms with Gasteiger partial charge in [0.2, 0.25) is 0 Å². The van der Waals surface area contributed by atoms with E-state index in [1.165, 1.54) is 9.80 Å². The fraction of sp³-hybridized carbons (Fsp3) is 0.364. The van der Waals surface area contributed by atoms with Gasteiger partial charge >= 0.3 is 18.0 Å². The number of hydrogen-bond donors (Lipinski definition) is 1. The van der Waals surface area contributed by atoms with Crippen LogP contribution in [0.4, 0.5) is 13.6 Å². The highest BCUT2D eigenvalue weighted by Gasteiger charge is 2.41. The molecule has 2 aromatic rings. The summed E-state index contributed by atoms with van der Waals surface area (Å²) in [6, 6.07) is 16.1. The standard InChI is InChI=1S/C22H22F2N2O4/c23-22(24,20(27)28)14-25-9-11-26(12-10-25)21(29)30-13-19-17-7-3-1-5-15(17)16-6-2-4-8-18(16)19/h1-8,19H,9-14H2,(H,27,28). The van der Waals surface area contributed by atoms with Crippen molar-refractivity contribution in [3.05, 3.63) is 59.7 Å². The van der Waals surface area contributed by atoms with Crippen molar-refractivity contribution in [2.75, 3.05) is 39.3 Å². The second-order valence-electron chi connectivity index (χ2n) is 7.58. The van der Waals surface area contributed by atoms with Gasteiger partial charge in [0.15, 0.2) is 0 Å². The van der Waals surface area contributed by atoms with Crippen LogP contribution in [0.3, 0.4) is 0 Å². The number of amides is 1. The number of carbonyl (C=O) groups excluding carboxylic acids is 1. The molecular weight excluding hydrogens is 394 g/mol. The normalized spacial score (nSPS) is 16.8. The number of alkyl halides is 2. The SMILES string of the molecule is O=C(OCC1c2ccccc2-c2ccccc21)N1CCN(CC(F)(F)C(=O)O)CC1. The molecule has 158 valence electrons. The molecule has 0 aromatic heterocycles. The molecule has 4 rings (SSSR count). The molecule has 2 aliphatic rings. The van der Waals surface area contributed by atoms with Gasteiger partial charge in [0.25, 0.3) is 0 Å². The van der Waals surface area contributed by atoms with Crippen molar-refractivity contribution in [3.8, 4) is 11.1 Å². The van der Waals surface area contributed by atoms with E-state index in [0.29, 0.717) is 0 Å². The molecule has 0 unspecified atom stereocenters. The topological polar surface area (TPSA) is 70.1 Å².